The second-order valence-electron chi connectivity index (χ2n) is 9.51. The number of aliphatic hydroxyl groups is 1. The summed E-state index contributed by atoms with van der Waals surface area (Å²) in [4.78, 5) is 33.5. The van der Waals surface area contributed by atoms with Gasteiger partial charge in [0.05, 0.1) is 49.8 Å². The van der Waals surface area contributed by atoms with Crippen LogP contribution in [0.4, 0.5) is 5.13 Å². The van der Waals surface area contributed by atoms with Crippen LogP contribution in [0.2, 0.25) is 0 Å². The largest absolute Gasteiger partial charge is 0.507 e. The number of benzene rings is 3. The van der Waals surface area contributed by atoms with Gasteiger partial charge in [0, 0.05) is 5.56 Å². The molecule has 9 nitrogen and oxygen atoms in total. The Morgan fingerprint density at radius 3 is 2.22 bits per heavy atom. The van der Waals surface area contributed by atoms with Crippen LogP contribution in [-0.4, -0.2) is 49.7 Å². The molecule has 41 heavy (non-hydrogen) atoms. The summed E-state index contributed by atoms with van der Waals surface area (Å²) in [5.41, 5.74) is 3.51. The third-order valence-corrected chi connectivity index (χ3v) is 7.91. The smallest absolute Gasteiger partial charge is 0.301 e. The average molecular weight is 575 g/mol. The van der Waals surface area contributed by atoms with E-state index < -0.39 is 17.7 Å². The van der Waals surface area contributed by atoms with E-state index in [-0.39, 0.29) is 11.3 Å². The van der Waals surface area contributed by atoms with Gasteiger partial charge in [-0.1, -0.05) is 17.4 Å². The molecule has 2 heterocycles. The van der Waals surface area contributed by atoms with Gasteiger partial charge in [-0.05, 0) is 79.9 Å². The predicted octanol–water partition coefficient (Wildman–Crippen LogP) is 5.96. The summed E-state index contributed by atoms with van der Waals surface area (Å²) in [6.07, 6.45) is 0. The zero-order chi connectivity index (χ0) is 29.4. The first-order valence-corrected chi connectivity index (χ1v) is 13.8. The fourth-order valence-electron chi connectivity index (χ4n) is 5.10. The van der Waals surface area contributed by atoms with Gasteiger partial charge in [-0.25, -0.2) is 4.98 Å². The van der Waals surface area contributed by atoms with Gasteiger partial charge in [0.25, 0.3) is 5.78 Å². The van der Waals surface area contributed by atoms with Crippen LogP contribution in [0.25, 0.3) is 16.0 Å². The molecule has 1 aromatic heterocycles. The highest BCUT2D eigenvalue weighted by Crippen LogP contribution is 2.48. The van der Waals surface area contributed by atoms with E-state index >= 15 is 0 Å². The molecule has 0 radical (unpaired) electrons. The number of aromatic nitrogens is 1. The number of Topliss-reactive ketones (excluding diaryl/α,β-unsaturated/α-hetero) is 1. The number of nitrogens with zero attached hydrogens (tertiary/aromatic N) is 2. The third kappa shape index (κ3) is 4.84. The number of carbonyl (C=O) groups is 2. The molecular weight excluding hydrogens is 544 g/mol. The number of amides is 1. The van der Waals surface area contributed by atoms with Crippen molar-refractivity contribution in [2.75, 3.05) is 32.8 Å². The number of hydrogen-bond donors (Lipinski definition) is 1. The summed E-state index contributed by atoms with van der Waals surface area (Å²) in [5.74, 6) is -0.305. The first-order chi connectivity index (χ1) is 19.7. The van der Waals surface area contributed by atoms with Gasteiger partial charge in [-0.2, -0.15) is 0 Å². The van der Waals surface area contributed by atoms with E-state index in [1.807, 2.05) is 32.9 Å². The molecule has 1 aliphatic heterocycles. The number of methoxy groups -OCH3 is 3. The van der Waals surface area contributed by atoms with E-state index in [4.69, 9.17) is 23.9 Å². The second kappa shape index (κ2) is 11.1. The molecule has 1 N–H and O–H groups in total. The number of aryl methyl sites for hydroxylation is 2. The summed E-state index contributed by atoms with van der Waals surface area (Å²) in [6, 6.07) is 13.0. The minimum Gasteiger partial charge on any atom is -0.507 e. The van der Waals surface area contributed by atoms with Gasteiger partial charge in [-0.15, -0.1) is 0 Å². The third-order valence-electron chi connectivity index (χ3n) is 6.91. The molecular formula is C31H30N2O7S. The Morgan fingerprint density at radius 2 is 1.63 bits per heavy atom. The average Bonchev–Trinajstić information content (AvgIpc) is 3.50. The summed E-state index contributed by atoms with van der Waals surface area (Å²) in [7, 11) is 4.46. The van der Waals surface area contributed by atoms with Crippen LogP contribution in [0.5, 0.6) is 23.0 Å². The number of fused-ring (bicyclic) bond motifs is 1. The molecule has 1 amide bonds. The standard InChI is InChI=1S/C31H30N2O7S/c1-7-40-20-10-8-18(9-11-20)27(34)24-26(19-14-21(37-4)29(39-6)22(15-19)38-5)33(30(36)28(24)35)31-32-25-17(3)12-16(2)13-23(25)41-31/h8-15,26,34H,7H2,1-6H3/b27-24+. The molecule has 1 saturated heterocycles. The fraction of sp³-hybridized carbons (Fsp3) is 0.258. The monoisotopic (exact) mass is 574 g/mol. The van der Waals surface area contributed by atoms with E-state index in [0.717, 1.165) is 21.3 Å². The highest BCUT2D eigenvalue weighted by molar-refractivity contribution is 7.22. The lowest BCUT2D eigenvalue weighted by molar-refractivity contribution is -0.132. The van der Waals surface area contributed by atoms with Crippen molar-refractivity contribution in [1.29, 1.82) is 0 Å². The summed E-state index contributed by atoms with van der Waals surface area (Å²) in [5, 5.41) is 11.9. The number of ketones is 1. The SMILES string of the molecule is CCOc1ccc(/C(O)=C2\C(=O)C(=O)N(c3nc4c(C)cc(C)cc4s3)C2c2cc(OC)c(OC)c(OC)c2)cc1. The van der Waals surface area contributed by atoms with Crippen LogP contribution in [-0.2, 0) is 9.59 Å². The number of aliphatic hydroxyl groups excluding tert-OH is 1. The molecule has 10 heteroatoms. The lowest BCUT2D eigenvalue weighted by Gasteiger charge is -2.24. The first kappa shape index (κ1) is 28.0. The lowest BCUT2D eigenvalue weighted by Crippen LogP contribution is -2.29. The fourth-order valence-corrected chi connectivity index (χ4v) is 6.27. The summed E-state index contributed by atoms with van der Waals surface area (Å²) in [6.45, 7) is 6.30. The summed E-state index contributed by atoms with van der Waals surface area (Å²) < 4.78 is 23.0. The van der Waals surface area contributed by atoms with Crippen molar-refractivity contribution in [3.63, 3.8) is 0 Å². The van der Waals surface area contributed by atoms with Crippen LogP contribution in [0.15, 0.2) is 54.1 Å². The Hall–Kier alpha value is -4.57. The van der Waals surface area contributed by atoms with E-state index in [1.54, 1.807) is 36.4 Å². The van der Waals surface area contributed by atoms with E-state index in [2.05, 4.69) is 0 Å². The quantitative estimate of drug-likeness (QED) is 0.156. The highest BCUT2D eigenvalue weighted by Gasteiger charge is 2.48. The maximum atomic E-state index is 13.7. The van der Waals surface area contributed by atoms with Crippen molar-refractivity contribution < 1.29 is 33.6 Å². The normalized spacial score (nSPS) is 16.3. The topological polar surface area (TPSA) is 107 Å². The van der Waals surface area contributed by atoms with Crippen molar-refractivity contribution in [3.8, 4) is 23.0 Å². The van der Waals surface area contributed by atoms with Gasteiger partial charge in [0.1, 0.15) is 11.5 Å². The number of thiazole rings is 1. The number of ether oxygens (including phenoxy) is 4. The number of carbonyl (C=O) groups excluding carboxylic acids is 2. The lowest BCUT2D eigenvalue weighted by atomic mass is 9.94. The Labute approximate surface area is 241 Å². The van der Waals surface area contributed by atoms with Crippen LogP contribution >= 0.6 is 11.3 Å². The van der Waals surface area contributed by atoms with Crippen LogP contribution < -0.4 is 23.8 Å². The zero-order valence-electron chi connectivity index (χ0n) is 23.6. The number of rotatable bonds is 8. The molecule has 0 spiro atoms. The molecule has 0 saturated carbocycles. The van der Waals surface area contributed by atoms with E-state index in [9.17, 15) is 14.7 Å². The van der Waals surface area contributed by atoms with Gasteiger partial charge < -0.3 is 24.1 Å². The van der Waals surface area contributed by atoms with Gasteiger partial charge in [0.2, 0.25) is 5.75 Å². The Kier molecular flexibility index (Phi) is 7.59. The minimum absolute atomic E-state index is 0.0828. The maximum Gasteiger partial charge on any atom is 0.301 e. The van der Waals surface area contributed by atoms with Crippen molar-refractivity contribution in [2.24, 2.45) is 0 Å². The Bertz CT molecular complexity index is 1670. The number of hydrogen-bond acceptors (Lipinski definition) is 9. The van der Waals surface area contributed by atoms with Gasteiger partial charge >= 0.3 is 5.91 Å². The maximum absolute atomic E-state index is 13.7. The molecule has 1 aliphatic rings. The predicted molar refractivity (Wildman–Crippen MR) is 158 cm³/mol. The molecule has 0 bridgehead atoms. The van der Waals surface area contributed by atoms with Crippen LogP contribution in [0.3, 0.4) is 0 Å². The second-order valence-corrected chi connectivity index (χ2v) is 10.5. The highest BCUT2D eigenvalue weighted by atomic mass is 32.1. The van der Waals surface area contributed by atoms with Crippen molar-refractivity contribution in [1.82, 2.24) is 4.98 Å². The Balaban J connectivity index is 1.76. The molecule has 212 valence electrons. The van der Waals surface area contributed by atoms with Crippen molar-refractivity contribution in [3.05, 3.63) is 76.4 Å². The van der Waals surface area contributed by atoms with E-state index in [0.29, 0.717) is 45.9 Å². The Morgan fingerprint density at radius 1 is 0.976 bits per heavy atom. The molecule has 0 aliphatic carbocycles. The van der Waals surface area contributed by atoms with Crippen LogP contribution in [0, 0.1) is 13.8 Å². The zero-order valence-corrected chi connectivity index (χ0v) is 24.4. The molecule has 4 aromatic rings. The molecule has 1 atom stereocenters. The van der Waals surface area contributed by atoms with Crippen molar-refractivity contribution >= 4 is 44.1 Å². The van der Waals surface area contributed by atoms with E-state index in [1.165, 1.54) is 37.6 Å². The molecule has 1 fully saturated rings. The van der Waals surface area contributed by atoms with Gasteiger partial charge in [-0.3, -0.25) is 14.5 Å². The molecule has 1 unspecified atom stereocenters. The molecule has 5 rings (SSSR count). The minimum atomic E-state index is -1.03. The van der Waals surface area contributed by atoms with Gasteiger partial charge in [0.15, 0.2) is 16.6 Å². The number of anilines is 1. The van der Waals surface area contributed by atoms with Crippen LogP contribution in [0.1, 0.15) is 35.2 Å². The first-order valence-electron chi connectivity index (χ1n) is 12.9. The molecule has 3 aromatic carbocycles. The van der Waals surface area contributed by atoms with Crippen molar-refractivity contribution in [2.45, 2.75) is 26.8 Å². The summed E-state index contributed by atoms with van der Waals surface area (Å²) >= 11 is 1.31.